The van der Waals surface area contributed by atoms with Crippen LogP contribution < -0.4 is 10.5 Å². The molecule has 2 aromatic rings. The van der Waals surface area contributed by atoms with Crippen molar-refractivity contribution in [2.45, 2.75) is 38.2 Å². The van der Waals surface area contributed by atoms with Gasteiger partial charge in [-0.2, -0.15) is 22.0 Å². The number of carbonyl (C=O) groups excluding carboxylic acids is 1. The zero-order valence-electron chi connectivity index (χ0n) is 17.2. The van der Waals surface area contributed by atoms with Gasteiger partial charge in [0.05, 0.1) is 30.4 Å². The van der Waals surface area contributed by atoms with Crippen LogP contribution in [0.1, 0.15) is 35.5 Å². The number of nitrogens with two attached hydrogens (primary N) is 1. The van der Waals surface area contributed by atoms with E-state index in [1.54, 1.807) is 0 Å². The van der Waals surface area contributed by atoms with Gasteiger partial charge in [0.25, 0.3) is 0 Å². The minimum Gasteiger partial charge on any atom is -0.489 e. The summed E-state index contributed by atoms with van der Waals surface area (Å²) >= 11 is 3.42. The molecule has 0 bridgehead atoms. The average molecular weight is 584 g/mol. The summed E-state index contributed by atoms with van der Waals surface area (Å²) in [6.07, 6.45) is -8.17. The standard InChI is InChI=1S/C18H20BrF5NO6PS/c1-3-30-32(28,31-4-2)18(23,24)15-13(19)11-5-9(16(25)27)6-12(14(11)33-15)29-8-10(26)7-17(20,21)22/h5-6,10,26H,3-4,7-8H2,1-2H3,(H2,25,27). The first-order valence-electron chi connectivity index (χ1n) is 9.37. The SMILES string of the molecule is CCOP(=O)(OCC)C(F)(F)c1sc2c(OCC(O)CC(F)(F)F)cc(C(N)=O)cc2c1Br. The van der Waals surface area contributed by atoms with E-state index in [0.717, 1.165) is 6.07 Å². The fourth-order valence-corrected chi connectivity index (χ4v) is 6.77. The lowest BCUT2D eigenvalue weighted by Crippen LogP contribution is -2.25. The van der Waals surface area contributed by atoms with Gasteiger partial charge in [0, 0.05) is 15.4 Å². The van der Waals surface area contributed by atoms with Gasteiger partial charge in [-0.05, 0) is 41.9 Å². The lowest BCUT2D eigenvalue weighted by molar-refractivity contribution is -0.156. The Kier molecular flexibility index (Phi) is 8.91. The van der Waals surface area contributed by atoms with Crippen molar-refractivity contribution < 1.29 is 50.2 Å². The van der Waals surface area contributed by atoms with Crippen molar-refractivity contribution in [3.63, 3.8) is 0 Å². The zero-order valence-corrected chi connectivity index (χ0v) is 20.5. The van der Waals surface area contributed by atoms with Gasteiger partial charge in [0.2, 0.25) is 5.91 Å². The Morgan fingerprint density at radius 2 is 1.79 bits per heavy atom. The number of ether oxygens (including phenoxy) is 1. The van der Waals surface area contributed by atoms with E-state index in [-0.39, 0.29) is 39.1 Å². The molecule has 1 unspecified atom stereocenters. The molecule has 1 aromatic carbocycles. The average Bonchev–Trinajstić information content (AvgIpc) is 3.02. The van der Waals surface area contributed by atoms with Crippen molar-refractivity contribution in [3.8, 4) is 5.75 Å². The van der Waals surface area contributed by atoms with E-state index >= 15 is 8.78 Å². The molecule has 0 saturated heterocycles. The number of halogens is 6. The van der Waals surface area contributed by atoms with E-state index < -0.39 is 49.4 Å². The van der Waals surface area contributed by atoms with Crippen molar-refractivity contribution in [2.24, 2.45) is 5.73 Å². The first kappa shape index (κ1) is 27.9. The zero-order chi connectivity index (χ0) is 25.2. The third-order valence-electron chi connectivity index (χ3n) is 4.09. The molecule has 15 heteroatoms. The molecule has 186 valence electrons. The van der Waals surface area contributed by atoms with Crippen molar-refractivity contribution in [3.05, 3.63) is 27.0 Å². The highest BCUT2D eigenvalue weighted by molar-refractivity contribution is 9.10. The predicted octanol–water partition coefficient (Wildman–Crippen LogP) is 5.77. The van der Waals surface area contributed by atoms with Crippen LogP contribution in [0, 0.1) is 0 Å². The number of rotatable bonds is 11. The normalized spacial score (nSPS) is 14.0. The largest absolute Gasteiger partial charge is 0.489 e. The molecule has 2 rings (SSSR count). The number of aliphatic hydroxyl groups is 1. The third-order valence-corrected chi connectivity index (χ3v) is 8.73. The second-order valence-corrected chi connectivity index (χ2v) is 10.5. The Morgan fingerprint density at radius 3 is 2.27 bits per heavy atom. The number of amides is 1. The molecule has 0 fully saturated rings. The molecular formula is C18H20BrF5NO6PS. The number of primary amides is 1. The summed E-state index contributed by atoms with van der Waals surface area (Å²) in [6, 6.07) is 2.23. The molecule has 1 atom stereocenters. The van der Waals surface area contributed by atoms with Crippen molar-refractivity contribution in [2.75, 3.05) is 19.8 Å². The molecule has 3 N–H and O–H groups in total. The highest BCUT2D eigenvalue weighted by Crippen LogP contribution is 2.69. The first-order chi connectivity index (χ1) is 15.2. The molecule has 0 aliphatic carbocycles. The maximum absolute atomic E-state index is 15.3. The number of alkyl halides is 5. The van der Waals surface area contributed by atoms with Crippen LogP contribution in [0.5, 0.6) is 5.75 Å². The van der Waals surface area contributed by atoms with Gasteiger partial charge in [-0.15, -0.1) is 11.3 Å². The number of benzene rings is 1. The molecule has 0 spiro atoms. The Morgan fingerprint density at radius 1 is 1.21 bits per heavy atom. The number of hydrogen-bond donors (Lipinski definition) is 2. The van der Waals surface area contributed by atoms with Gasteiger partial charge >= 0.3 is 19.4 Å². The summed E-state index contributed by atoms with van der Waals surface area (Å²) in [4.78, 5) is 10.9. The van der Waals surface area contributed by atoms with Gasteiger partial charge in [0.1, 0.15) is 17.2 Å². The molecule has 1 heterocycles. The number of fused-ring (bicyclic) bond motifs is 1. The smallest absolute Gasteiger partial charge is 0.405 e. The Labute approximate surface area is 197 Å². The van der Waals surface area contributed by atoms with E-state index in [0.29, 0.717) is 11.3 Å². The van der Waals surface area contributed by atoms with Gasteiger partial charge in [-0.1, -0.05) is 0 Å². The summed E-state index contributed by atoms with van der Waals surface area (Å²) in [5.41, 5.74) is 0.957. The maximum atomic E-state index is 15.3. The third kappa shape index (κ3) is 6.23. The van der Waals surface area contributed by atoms with Crippen LogP contribution in [0.15, 0.2) is 16.6 Å². The minimum atomic E-state index is -4.98. The van der Waals surface area contributed by atoms with E-state index in [9.17, 15) is 27.6 Å². The highest BCUT2D eigenvalue weighted by Gasteiger charge is 2.57. The topological polar surface area (TPSA) is 108 Å². The van der Waals surface area contributed by atoms with E-state index in [1.165, 1.54) is 19.9 Å². The fraction of sp³-hybridized carbons (Fsp3) is 0.500. The number of thiophene rings is 1. The summed E-state index contributed by atoms with van der Waals surface area (Å²) in [5, 5.41) is 9.58. The van der Waals surface area contributed by atoms with Gasteiger partial charge < -0.3 is 24.6 Å². The van der Waals surface area contributed by atoms with Gasteiger partial charge in [-0.3, -0.25) is 9.36 Å². The van der Waals surface area contributed by atoms with Gasteiger partial charge in [0.15, 0.2) is 0 Å². The van der Waals surface area contributed by atoms with Crippen LogP contribution in [0.4, 0.5) is 22.0 Å². The highest BCUT2D eigenvalue weighted by atomic mass is 79.9. The molecule has 0 aliphatic rings. The summed E-state index contributed by atoms with van der Waals surface area (Å²) < 4.78 is 95.4. The molecule has 0 aliphatic heterocycles. The molecule has 7 nitrogen and oxygen atoms in total. The molecule has 33 heavy (non-hydrogen) atoms. The lowest BCUT2D eigenvalue weighted by atomic mass is 10.1. The number of hydrogen-bond acceptors (Lipinski definition) is 7. The van der Waals surface area contributed by atoms with Crippen LogP contribution in [0.2, 0.25) is 0 Å². The Balaban J connectivity index is 2.60. The fourth-order valence-electron chi connectivity index (χ4n) is 2.76. The Hall–Kier alpha value is -1.31. The molecule has 1 aromatic heterocycles. The quantitative estimate of drug-likeness (QED) is 0.257. The second-order valence-electron chi connectivity index (χ2n) is 6.62. The molecule has 0 saturated carbocycles. The van der Waals surface area contributed by atoms with E-state index in [4.69, 9.17) is 19.5 Å². The predicted molar refractivity (Wildman–Crippen MR) is 115 cm³/mol. The van der Waals surface area contributed by atoms with E-state index in [1.807, 2.05) is 0 Å². The summed E-state index contributed by atoms with van der Waals surface area (Å²) in [6.45, 7) is 1.23. The molecular weight excluding hydrogens is 564 g/mol. The van der Waals surface area contributed by atoms with Gasteiger partial charge in [-0.25, -0.2) is 0 Å². The first-order valence-corrected chi connectivity index (χ1v) is 12.5. The number of aliphatic hydroxyl groups excluding tert-OH is 1. The monoisotopic (exact) mass is 583 g/mol. The number of carbonyl (C=O) groups is 1. The van der Waals surface area contributed by atoms with E-state index in [2.05, 4.69) is 15.9 Å². The maximum Gasteiger partial charge on any atom is 0.405 e. The van der Waals surface area contributed by atoms with Crippen LogP contribution in [0.25, 0.3) is 10.1 Å². The van der Waals surface area contributed by atoms with Crippen LogP contribution in [0.3, 0.4) is 0 Å². The van der Waals surface area contributed by atoms with Crippen molar-refractivity contribution in [1.82, 2.24) is 0 Å². The summed E-state index contributed by atoms with van der Waals surface area (Å²) in [5.74, 6) is -1.23. The minimum absolute atomic E-state index is 0.00540. The van der Waals surface area contributed by atoms with Crippen LogP contribution >= 0.6 is 34.9 Å². The summed E-state index contributed by atoms with van der Waals surface area (Å²) in [7, 11) is -4.98. The second kappa shape index (κ2) is 10.5. The molecule has 0 radical (unpaired) electrons. The Bertz CT molecular complexity index is 1050. The molecule has 1 amide bonds. The van der Waals surface area contributed by atoms with Crippen molar-refractivity contribution >= 4 is 50.9 Å². The van der Waals surface area contributed by atoms with Crippen LogP contribution in [-0.4, -0.2) is 43.1 Å². The van der Waals surface area contributed by atoms with Crippen LogP contribution in [-0.2, 0) is 19.3 Å². The van der Waals surface area contributed by atoms with Crippen molar-refractivity contribution in [1.29, 1.82) is 0 Å². The lowest BCUT2D eigenvalue weighted by Gasteiger charge is -2.25.